The van der Waals surface area contributed by atoms with Gasteiger partial charge in [-0.15, -0.1) is 0 Å². The first-order valence-electron chi connectivity index (χ1n) is 10.9. The number of para-hydroxylation sites is 2. The Kier molecular flexibility index (Phi) is 6.36. The monoisotopic (exact) mass is 431 g/mol. The van der Waals surface area contributed by atoms with E-state index >= 15 is 0 Å². The van der Waals surface area contributed by atoms with Crippen LogP contribution in [0.15, 0.2) is 65.7 Å². The number of benzene rings is 3. The van der Waals surface area contributed by atoms with Gasteiger partial charge in [0.15, 0.2) is 0 Å². The molecule has 0 saturated heterocycles. The standard InChI is InChI=1S/C28H33NO3/c1-27(2,3)19-15-18(26(32)22(16-19)28(4,5)6)17-29-25(20-11-7-9-13-23(20)30)21-12-8-10-14-24(21)31/h7-17,25,30-32H,1-6H3. The smallest absolute Gasteiger partial charge is 0.128 e. The molecular weight excluding hydrogens is 398 g/mol. The molecule has 0 amide bonds. The molecule has 3 aromatic rings. The van der Waals surface area contributed by atoms with Crippen LogP contribution in [0.2, 0.25) is 0 Å². The van der Waals surface area contributed by atoms with Crippen molar-refractivity contribution < 1.29 is 15.3 Å². The van der Waals surface area contributed by atoms with Crippen molar-refractivity contribution in [2.45, 2.75) is 58.4 Å². The third kappa shape index (κ3) is 4.96. The van der Waals surface area contributed by atoms with Gasteiger partial charge >= 0.3 is 0 Å². The maximum atomic E-state index is 11.1. The van der Waals surface area contributed by atoms with Crippen molar-refractivity contribution in [1.29, 1.82) is 0 Å². The van der Waals surface area contributed by atoms with Gasteiger partial charge in [0, 0.05) is 28.5 Å². The Morgan fingerprint density at radius 2 is 1.22 bits per heavy atom. The molecule has 0 atom stereocenters. The minimum atomic E-state index is -0.631. The minimum Gasteiger partial charge on any atom is -0.508 e. The highest BCUT2D eigenvalue weighted by Gasteiger charge is 2.25. The molecule has 0 radical (unpaired) electrons. The van der Waals surface area contributed by atoms with E-state index in [9.17, 15) is 15.3 Å². The molecule has 0 spiro atoms. The number of hydrogen-bond acceptors (Lipinski definition) is 4. The Balaban J connectivity index is 2.19. The Labute approximate surface area is 190 Å². The van der Waals surface area contributed by atoms with Crippen molar-refractivity contribution in [2.24, 2.45) is 4.99 Å². The van der Waals surface area contributed by atoms with Crippen LogP contribution in [0.5, 0.6) is 17.2 Å². The topological polar surface area (TPSA) is 73.1 Å². The van der Waals surface area contributed by atoms with Gasteiger partial charge in [0.1, 0.15) is 23.3 Å². The van der Waals surface area contributed by atoms with Gasteiger partial charge < -0.3 is 15.3 Å². The number of phenols is 3. The van der Waals surface area contributed by atoms with Crippen molar-refractivity contribution in [1.82, 2.24) is 0 Å². The van der Waals surface area contributed by atoms with E-state index in [1.165, 1.54) is 0 Å². The molecule has 0 aliphatic carbocycles. The molecule has 0 aromatic heterocycles. The minimum absolute atomic E-state index is 0.0981. The van der Waals surface area contributed by atoms with Crippen molar-refractivity contribution in [3.05, 3.63) is 88.5 Å². The zero-order chi connectivity index (χ0) is 23.7. The van der Waals surface area contributed by atoms with E-state index in [1.54, 1.807) is 42.6 Å². The Hall–Kier alpha value is -3.27. The summed E-state index contributed by atoms with van der Waals surface area (Å²) in [6, 6.07) is 17.3. The highest BCUT2D eigenvalue weighted by atomic mass is 16.3. The van der Waals surface area contributed by atoms with Crippen LogP contribution < -0.4 is 0 Å². The van der Waals surface area contributed by atoms with Gasteiger partial charge in [-0.25, -0.2) is 0 Å². The molecule has 0 aliphatic rings. The maximum absolute atomic E-state index is 11.1. The van der Waals surface area contributed by atoms with E-state index in [0.717, 1.165) is 11.1 Å². The van der Waals surface area contributed by atoms with E-state index in [2.05, 4.69) is 47.6 Å². The number of nitrogens with zero attached hydrogens (tertiary/aromatic N) is 1. The SMILES string of the molecule is CC(C)(C)c1cc(C=NC(c2ccccc2O)c2ccccc2O)c(O)c(C(C)(C)C)c1. The van der Waals surface area contributed by atoms with Gasteiger partial charge in [-0.05, 0) is 34.6 Å². The zero-order valence-corrected chi connectivity index (χ0v) is 19.7. The predicted molar refractivity (Wildman–Crippen MR) is 131 cm³/mol. The molecule has 168 valence electrons. The van der Waals surface area contributed by atoms with Crippen LogP contribution in [-0.2, 0) is 10.8 Å². The molecule has 3 rings (SSSR count). The largest absolute Gasteiger partial charge is 0.508 e. The Morgan fingerprint density at radius 1 is 0.719 bits per heavy atom. The molecule has 4 nitrogen and oxygen atoms in total. The molecule has 0 saturated carbocycles. The number of aliphatic imine (C=N–C) groups is 1. The lowest BCUT2D eigenvalue weighted by Gasteiger charge is -2.27. The normalized spacial score (nSPS) is 12.6. The lowest BCUT2D eigenvalue weighted by molar-refractivity contribution is 0.444. The molecule has 0 bridgehead atoms. The fraction of sp³-hybridized carbons (Fsp3) is 0.321. The first kappa shape index (κ1) is 23.4. The van der Waals surface area contributed by atoms with Gasteiger partial charge in [-0.1, -0.05) is 84.0 Å². The molecule has 32 heavy (non-hydrogen) atoms. The summed E-state index contributed by atoms with van der Waals surface area (Å²) in [6.45, 7) is 12.6. The fourth-order valence-corrected chi connectivity index (χ4v) is 3.68. The van der Waals surface area contributed by atoms with E-state index in [0.29, 0.717) is 16.7 Å². The summed E-state index contributed by atoms with van der Waals surface area (Å²) in [5, 5.41) is 32.1. The van der Waals surface area contributed by atoms with Crippen LogP contribution in [0.25, 0.3) is 0 Å². The van der Waals surface area contributed by atoms with E-state index < -0.39 is 6.04 Å². The predicted octanol–water partition coefficient (Wildman–Crippen LogP) is 6.61. The first-order valence-corrected chi connectivity index (χ1v) is 10.9. The van der Waals surface area contributed by atoms with Crippen LogP contribution in [0.3, 0.4) is 0 Å². The van der Waals surface area contributed by atoms with Gasteiger partial charge in [-0.3, -0.25) is 4.99 Å². The molecule has 0 aliphatic heterocycles. The summed E-state index contributed by atoms with van der Waals surface area (Å²) in [4.78, 5) is 4.76. The molecule has 0 fully saturated rings. The lowest BCUT2D eigenvalue weighted by Crippen LogP contribution is -2.17. The van der Waals surface area contributed by atoms with Gasteiger partial charge in [0.2, 0.25) is 0 Å². The third-order valence-corrected chi connectivity index (χ3v) is 5.64. The maximum Gasteiger partial charge on any atom is 0.128 e. The van der Waals surface area contributed by atoms with E-state index in [-0.39, 0.29) is 28.1 Å². The quantitative estimate of drug-likeness (QED) is 0.407. The summed E-state index contributed by atoms with van der Waals surface area (Å²) in [7, 11) is 0. The number of phenolic OH excluding ortho intramolecular Hbond substituents is 3. The molecular formula is C28H33NO3. The van der Waals surface area contributed by atoms with Crippen LogP contribution in [0.1, 0.15) is 75.4 Å². The summed E-state index contributed by atoms with van der Waals surface area (Å²) >= 11 is 0. The fourth-order valence-electron chi connectivity index (χ4n) is 3.68. The average Bonchev–Trinajstić information content (AvgIpc) is 2.69. The van der Waals surface area contributed by atoms with Crippen molar-refractivity contribution in [3.8, 4) is 17.2 Å². The van der Waals surface area contributed by atoms with Crippen LogP contribution in [0.4, 0.5) is 0 Å². The second-order valence-electron chi connectivity index (χ2n) is 10.3. The summed E-state index contributed by atoms with van der Waals surface area (Å²) in [5.74, 6) is 0.393. The summed E-state index contributed by atoms with van der Waals surface area (Å²) in [6.07, 6.45) is 1.64. The highest BCUT2D eigenvalue weighted by Crippen LogP contribution is 2.39. The second kappa shape index (κ2) is 8.70. The molecule has 3 aromatic carbocycles. The van der Waals surface area contributed by atoms with Gasteiger partial charge in [0.05, 0.1) is 0 Å². The first-order chi connectivity index (χ1) is 14.9. The third-order valence-electron chi connectivity index (χ3n) is 5.64. The molecule has 0 unspecified atom stereocenters. The number of aromatic hydroxyl groups is 3. The van der Waals surface area contributed by atoms with E-state index in [4.69, 9.17) is 4.99 Å². The van der Waals surface area contributed by atoms with Crippen LogP contribution >= 0.6 is 0 Å². The van der Waals surface area contributed by atoms with Crippen LogP contribution in [0, 0.1) is 0 Å². The lowest BCUT2D eigenvalue weighted by atomic mass is 9.79. The van der Waals surface area contributed by atoms with Crippen molar-refractivity contribution in [3.63, 3.8) is 0 Å². The van der Waals surface area contributed by atoms with Crippen molar-refractivity contribution in [2.75, 3.05) is 0 Å². The molecule has 0 heterocycles. The van der Waals surface area contributed by atoms with Crippen molar-refractivity contribution >= 4 is 6.21 Å². The zero-order valence-electron chi connectivity index (χ0n) is 19.7. The van der Waals surface area contributed by atoms with Gasteiger partial charge in [0.25, 0.3) is 0 Å². The number of rotatable bonds is 4. The average molecular weight is 432 g/mol. The molecule has 4 heteroatoms. The van der Waals surface area contributed by atoms with Gasteiger partial charge in [-0.2, -0.15) is 0 Å². The summed E-state index contributed by atoms with van der Waals surface area (Å²) < 4.78 is 0. The highest BCUT2D eigenvalue weighted by molar-refractivity contribution is 5.85. The Bertz CT molecular complexity index is 1090. The second-order valence-corrected chi connectivity index (χ2v) is 10.3. The summed E-state index contributed by atoms with van der Waals surface area (Å²) in [5.41, 5.74) is 3.36. The number of hydrogen-bond donors (Lipinski definition) is 3. The molecule has 3 N–H and O–H groups in total. The van der Waals surface area contributed by atoms with Crippen LogP contribution in [-0.4, -0.2) is 21.5 Å². The van der Waals surface area contributed by atoms with E-state index in [1.807, 2.05) is 18.2 Å². The Morgan fingerprint density at radius 3 is 1.66 bits per heavy atom.